The Kier molecular flexibility index (Phi) is 14.0. The van der Waals surface area contributed by atoms with Crippen LogP contribution in [0.15, 0.2) is 48.5 Å². The zero-order valence-electron chi connectivity index (χ0n) is 26.8. The van der Waals surface area contributed by atoms with E-state index < -0.39 is 102 Å². The van der Waals surface area contributed by atoms with E-state index in [1.807, 2.05) is 0 Å². The number of carboxylic acid groups (broad SMARTS) is 2. The van der Waals surface area contributed by atoms with E-state index in [1.165, 1.54) is 6.07 Å². The van der Waals surface area contributed by atoms with Crippen molar-refractivity contribution in [3.05, 3.63) is 69.8 Å². The van der Waals surface area contributed by atoms with Crippen molar-refractivity contribution < 1.29 is 68.6 Å². The number of carboxylic acids is 2. The Bertz CT molecular complexity index is 1540. The molecule has 7 atom stereocenters. The third kappa shape index (κ3) is 11.1. The summed E-state index contributed by atoms with van der Waals surface area (Å²) >= 11 is 0. The SMILES string of the molecule is CC(C)C[C@H](NC(=O)[C@H](Cc1ccccc1)NC(=O)CNC(=O)OCc1ccc(O[C@@H]2O[C@H](C(=O)O)[C@@H](O)[C@H](O)[C@H]2O)c([N+](=O)[O-])c1)C(=O)O. The zero-order chi connectivity index (χ0) is 37.1. The topological polar surface area (TPSA) is 293 Å². The van der Waals surface area contributed by atoms with Gasteiger partial charge >= 0.3 is 23.7 Å². The van der Waals surface area contributed by atoms with Crippen LogP contribution >= 0.6 is 0 Å². The number of carbonyl (C=O) groups excluding carboxylic acids is 3. The molecule has 1 heterocycles. The molecule has 272 valence electrons. The lowest BCUT2D eigenvalue weighted by Crippen LogP contribution is -2.61. The molecule has 0 bridgehead atoms. The maximum atomic E-state index is 13.1. The highest BCUT2D eigenvalue weighted by Gasteiger charge is 2.48. The van der Waals surface area contributed by atoms with Gasteiger partial charge in [-0.05, 0) is 29.5 Å². The van der Waals surface area contributed by atoms with Crippen molar-refractivity contribution in [1.82, 2.24) is 16.0 Å². The van der Waals surface area contributed by atoms with Gasteiger partial charge in [0.15, 0.2) is 11.9 Å². The fraction of sp³-hybridized carbons (Fsp3) is 0.452. The van der Waals surface area contributed by atoms with Crippen LogP contribution in [-0.2, 0) is 41.7 Å². The number of hydrogen-bond acceptors (Lipinski definition) is 13. The fourth-order valence-corrected chi connectivity index (χ4v) is 4.79. The Morgan fingerprint density at radius 3 is 2.20 bits per heavy atom. The molecule has 1 saturated heterocycles. The van der Waals surface area contributed by atoms with Crippen molar-refractivity contribution in [2.24, 2.45) is 5.92 Å². The normalized spacial score (nSPS) is 21.3. The van der Waals surface area contributed by atoms with E-state index in [9.17, 15) is 59.6 Å². The Morgan fingerprint density at radius 2 is 1.60 bits per heavy atom. The number of aliphatic carboxylic acids is 2. The second kappa shape index (κ2) is 17.9. The molecule has 8 N–H and O–H groups in total. The van der Waals surface area contributed by atoms with Crippen molar-refractivity contribution >= 4 is 35.5 Å². The van der Waals surface area contributed by atoms with E-state index in [4.69, 9.17) is 14.2 Å². The highest BCUT2D eigenvalue weighted by molar-refractivity contribution is 5.91. The molecule has 0 radical (unpaired) electrons. The number of nitrogens with zero attached hydrogens (tertiary/aromatic N) is 1. The van der Waals surface area contributed by atoms with Crippen LogP contribution in [0.4, 0.5) is 10.5 Å². The van der Waals surface area contributed by atoms with Crippen LogP contribution in [0.25, 0.3) is 0 Å². The van der Waals surface area contributed by atoms with Crippen molar-refractivity contribution in [3.8, 4) is 5.75 Å². The van der Waals surface area contributed by atoms with Crippen LogP contribution in [0.5, 0.6) is 5.75 Å². The lowest BCUT2D eigenvalue weighted by Gasteiger charge is -2.38. The number of amides is 3. The molecule has 0 aliphatic carbocycles. The number of carbonyl (C=O) groups is 5. The molecule has 0 spiro atoms. The van der Waals surface area contributed by atoms with E-state index in [0.717, 1.165) is 12.1 Å². The van der Waals surface area contributed by atoms with Crippen molar-refractivity contribution in [2.75, 3.05) is 6.54 Å². The van der Waals surface area contributed by atoms with Crippen molar-refractivity contribution in [2.45, 2.75) is 76.1 Å². The molecule has 19 heteroatoms. The van der Waals surface area contributed by atoms with Gasteiger partial charge in [0.25, 0.3) is 0 Å². The van der Waals surface area contributed by atoms with Gasteiger partial charge in [-0.3, -0.25) is 19.7 Å². The number of aliphatic hydroxyl groups excluding tert-OH is 3. The molecule has 1 aliphatic heterocycles. The van der Waals surface area contributed by atoms with Gasteiger partial charge in [-0.2, -0.15) is 0 Å². The average Bonchev–Trinajstić information content (AvgIpc) is 3.06. The van der Waals surface area contributed by atoms with Crippen LogP contribution in [0.3, 0.4) is 0 Å². The number of benzene rings is 2. The summed E-state index contributed by atoms with van der Waals surface area (Å²) in [6, 6.07) is 9.46. The molecule has 0 aromatic heterocycles. The number of alkyl carbamates (subject to hydrolysis) is 1. The molecular formula is C31H38N4O15. The smallest absolute Gasteiger partial charge is 0.407 e. The summed E-state index contributed by atoms with van der Waals surface area (Å²) in [6.07, 6.45) is -10.8. The highest BCUT2D eigenvalue weighted by atomic mass is 16.7. The monoisotopic (exact) mass is 706 g/mol. The van der Waals surface area contributed by atoms with E-state index in [2.05, 4.69) is 16.0 Å². The van der Waals surface area contributed by atoms with Crippen molar-refractivity contribution in [1.29, 1.82) is 0 Å². The first-order chi connectivity index (χ1) is 23.6. The summed E-state index contributed by atoms with van der Waals surface area (Å²) in [6.45, 7) is 2.40. The number of rotatable bonds is 16. The minimum atomic E-state index is -2.01. The number of hydrogen-bond donors (Lipinski definition) is 8. The second-order valence-corrected chi connectivity index (χ2v) is 11.7. The molecule has 19 nitrogen and oxygen atoms in total. The number of ether oxygens (including phenoxy) is 3. The van der Waals surface area contributed by atoms with Gasteiger partial charge in [0, 0.05) is 12.5 Å². The molecule has 50 heavy (non-hydrogen) atoms. The van der Waals surface area contributed by atoms with Gasteiger partial charge in [0.2, 0.25) is 18.1 Å². The van der Waals surface area contributed by atoms with Gasteiger partial charge in [-0.1, -0.05) is 50.2 Å². The van der Waals surface area contributed by atoms with Gasteiger partial charge in [-0.25, -0.2) is 14.4 Å². The quantitative estimate of drug-likeness (QED) is 0.0801. The lowest BCUT2D eigenvalue weighted by molar-refractivity contribution is -0.387. The molecule has 1 aliphatic rings. The maximum Gasteiger partial charge on any atom is 0.407 e. The van der Waals surface area contributed by atoms with E-state index in [0.29, 0.717) is 5.56 Å². The first kappa shape index (κ1) is 39.1. The van der Waals surface area contributed by atoms with Crippen LogP contribution in [-0.4, -0.2) is 110 Å². The first-order valence-electron chi connectivity index (χ1n) is 15.2. The molecule has 1 fully saturated rings. The molecule has 0 saturated carbocycles. The molecule has 2 aromatic rings. The van der Waals surface area contributed by atoms with E-state index in [-0.39, 0.29) is 24.3 Å². The number of aliphatic hydroxyl groups is 3. The number of nitrogens with one attached hydrogen (secondary N) is 3. The first-order valence-corrected chi connectivity index (χ1v) is 15.2. The molecule has 3 rings (SSSR count). The van der Waals surface area contributed by atoms with Crippen LogP contribution in [0, 0.1) is 16.0 Å². The Hall–Kier alpha value is -5.37. The molecule has 2 aromatic carbocycles. The predicted octanol–water partition coefficient (Wildman–Crippen LogP) is -0.565. The summed E-state index contributed by atoms with van der Waals surface area (Å²) in [4.78, 5) is 71.9. The predicted molar refractivity (Wildman–Crippen MR) is 167 cm³/mol. The maximum absolute atomic E-state index is 13.1. The second-order valence-electron chi connectivity index (χ2n) is 11.7. The summed E-state index contributed by atoms with van der Waals surface area (Å²) in [5, 5.41) is 67.5. The minimum Gasteiger partial charge on any atom is -0.480 e. The van der Waals surface area contributed by atoms with Crippen LogP contribution in [0.2, 0.25) is 0 Å². The Balaban J connectivity index is 1.60. The van der Waals surface area contributed by atoms with Gasteiger partial charge in [-0.15, -0.1) is 0 Å². The fourth-order valence-electron chi connectivity index (χ4n) is 4.79. The summed E-state index contributed by atoms with van der Waals surface area (Å²) in [5.74, 6) is -5.02. The zero-order valence-corrected chi connectivity index (χ0v) is 26.8. The van der Waals surface area contributed by atoms with E-state index >= 15 is 0 Å². The Labute approximate surface area is 284 Å². The third-order valence-corrected chi connectivity index (χ3v) is 7.30. The van der Waals surface area contributed by atoms with Gasteiger partial charge in [0.05, 0.1) is 4.92 Å². The van der Waals surface area contributed by atoms with Gasteiger partial charge < -0.3 is 55.7 Å². The number of nitro groups is 1. The van der Waals surface area contributed by atoms with Gasteiger partial charge in [0.1, 0.15) is 43.5 Å². The summed E-state index contributed by atoms with van der Waals surface area (Å²) < 4.78 is 15.3. The minimum absolute atomic E-state index is 0.0177. The molecular weight excluding hydrogens is 668 g/mol. The molecule has 3 amide bonds. The lowest BCUT2D eigenvalue weighted by atomic mass is 9.99. The third-order valence-electron chi connectivity index (χ3n) is 7.30. The largest absolute Gasteiger partial charge is 0.480 e. The summed E-state index contributed by atoms with van der Waals surface area (Å²) in [7, 11) is 0. The van der Waals surface area contributed by atoms with Crippen LogP contribution < -0.4 is 20.7 Å². The summed E-state index contributed by atoms with van der Waals surface area (Å²) in [5.41, 5.74) is 0.0295. The number of nitro benzene ring substituents is 1. The Morgan fingerprint density at radius 1 is 0.920 bits per heavy atom. The highest BCUT2D eigenvalue weighted by Crippen LogP contribution is 2.32. The standard InChI is InChI=1S/C31H38N4O15/c1-15(2)10-19(28(41)42)34-27(40)18(11-16-6-4-3-5-7-16)33-22(36)13-32-31(45)48-14-17-8-9-21(20(12-17)35(46)47)49-30-25(39)23(37)24(38)26(50-30)29(43)44/h3-9,12,15,18-19,23-26,30,37-39H,10-11,13-14H2,1-2H3,(H,32,45)(H,33,36)(H,34,40)(H,41,42)(H,43,44)/t18-,19-,23-,24-,25+,26-,30+/m0/s1. The van der Waals surface area contributed by atoms with E-state index in [1.54, 1.807) is 44.2 Å². The average molecular weight is 707 g/mol. The molecule has 0 unspecified atom stereocenters. The van der Waals surface area contributed by atoms with Crippen molar-refractivity contribution in [3.63, 3.8) is 0 Å². The van der Waals surface area contributed by atoms with Crippen LogP contribution in [0.1, 0.15) is 31.4 Å².